The van der Waals surface area contributed by atoms with Crippen LogP contribution < -0.4 is 5.32 Å². The van der Waals surface area contributed by atoms with Crippen LogP contribution in [0.2, 0.25) is 0 Å². The van der Waals surface area contributed by atoms with Crippen molar-refractivity contribution in [2.45, 2.75) is 18.9 Å². The summed E-state index contributed by atoms with van der Waals surface area (Å²) in [6.45, 7) is 2.84. The summed E-state index contributed by atoms with van der Waals surface area (Å²) in [6.07, 6.45) is 2.47. The van der Waals surface area contributed by atoms with Gasteiger partial charge in [0, 0.05) is 12.1 Å². The van der Waals surface area contributed by atoms with Gasteiger partial charge in [0.05, 0.1) is 10.9 Å². The second kappa shape index (κ2) is 8.51. The normalized spacial score (nSPS) is 15.6. The minimum Gasteiger partial charge on any atom is -0.349 e. The molecule has 2 aromatic carbocycles. The summed E-state index contributed by atoms with van der Waals surface area (Å²) in [5.41, 5.74) is 3.37. The Hall–Kier alpha value is -2.43. The van der Waals surface area contributed by atoms with Crippen molar-refractivity contribution in [2.24, 2.45) is 0 Å². The summed E-state index contributed by atoms with van der Waals surface area (Å²) in [7, 11) is 0. The van der Waals surface area contributed by atoms with E-state index in [1.807, 2.05) is 35.7 Å². The molecule has 4 heteroatoms. The minimum atomic E-state index is 0.0176. The van der Waals surface area contributed by atoms with Crippen LogP contribution in [0.15, 0.2) is 72.1 Å². The largest absolute Gasteiger partial charge is 0.349 e. The summed E-state index contributed by atoms with van der Waals surface area (Å²) < 4.78 is 0. The molecule has 0 bridgehead atoms. The van der Waals surface area contributed by atoms with Gasteiger partial charge >= 0.3 is 0 Å². The van der Waals surface area contributed by atoms with Crippen molar-refractivity contribution in [3.8, 4) is 11.1 Å². The Balaban J connectivity index is 1.50. The number of thiophene rings is 1. The van der Waals surface area contributed by atoms with Crippen LogP contribution in [-0.4, -0.2) is 30.4 Å². The van der Waals surface area contributed by atoms with E-state index in [1.165, 1.54) is 29.7 Å². The molecule has 1 aromatic heterocycles. The van der Waals surface area contributed by atoms with Crippen LogP contribution in [0.5, 0.6) is 0 Å². The molecule has 0 saturated carbocycles. The lowest BCUT2D eigenvalue weighted by atomic mass is 10.0. The van der Waals surface area contributed by atoms with Gasteiger partial charge in [-0.25, -0.2) is 0 Å². The molecule has 3 aromatic rings. The molecule has 1 amide bonds. The van der Waals surface area contributed by atoms with E-state index >= 15 is 0 Å². The average Bonchev–Trinajstić information content (AvgIpc) is 3.42. The van der Waals surface area contributed by atoms with E-state index in [1.54, 1.807) is 0 Å². The Bertz CT molecular complexity index is 870. The average molecular weight is 377 g/mol. The van der Waals surface area contributed by atoms with Gasteiger partial charge in [0.1, 0.15) is 0 Å². The predicted molar refractivity (Wildman–Crippen MR) is 112 cm³/mol. The third-order valence-corrected chi connectivity index (χ3v) is 6.09. The number of benzene rings is 2. The SMILES string of the molecule is O=C(NC[C@H](c1ccccc1)N1CCCC1)c1sccc1-c1ccccc1. The second-order valence-electron chi connectivity index (χ2n) is 6.91. The highest BCUT2D eigenvalue weighted by atomic mass is 32.1. The number of hydrogen-bond donors (Lipinski definition) is 1. The van der Waals surface area contributed by atoms with Gasteiger partial charge in [-0.2, -0.15) is 0 Å². The lowest BCUT2D eigenvalue weighted by Gasteiger charge is -2.28. The molecule has 2 heterocycles. The van der Waals surface area contributed by atoms with Gasteiger partial charge in [-0.15, -0.1) is 11.3 Å². The van der Waals surface area contributed by atoms with E-state index in [0.717, 1.165) is 29.1 Å². The van der Waals surface area contributed by atoms with Gasteiger partial charge in [0.2, 0.25) is 0 Å². The smallest absolute Gasteiger partial charge is 0.262 e. The van der Waals surface area contributed by atoms with Crippen LogP contribution >= 0.6 is 11.3 Å². The van der Waals surface area contributed by atoms with Gasteiger partial charge < -0.3 is 5.32 Å². The Kier molecular flexibility index (Phi) is 5.66. The molecule has 1 aliphatic heterocycles. The molecular formula is C23H24N2OS. The number of carbonyl (C=O) groups excluding carboxylic acids is 1. The van der Waals surface area contributed by atoms with Crippen LogP contribution in [0, 0.1) is 0 Å². The fourth-order valence-electron chi connectivity index (χ4n) is 3.79. The van der Waals surface area contributed by atoms with Gasteiger partial charge in [-0.1, -0.05) is 60.7 Å². The Morgan fingerprint density at radius 1 is 0.963 bits per heavy atom. The first-order valence-electron chi connectivity index (χ1n) is 9.53. The van der Waals surface area contributed by atoms with Crippen molar-refractivity contribution in [3.05, 3.63) is 82.6 Å². The zero-order valence-corrected chi connectivity index (χ0v) is 16.1. The third kappa shape index (κ3) is 4.12. The molecule has 1 atom stereocenters. The van der Waals surface area contributed by atoms with Crippen molar-refractivity contribution in [1.29, 1.82) is 0 Å². The number of nitrogens with one attached hydrogen (secondary N) is 1. The maximum Gasteiger partial charge on any atom is 0.262 e. The Morgan fingerprint density at radius 2 is 1.63 bits per heavy atom. The van der Waals surface area contributed by atoms with E-state index in [9.17, 15) is 4.79 Å². The monoisotopic (exact) mass is 376 g/mol. The molecule has 0 spiro atoms. The fraction of sp³-hybridized carbons (Fsp3) is 0.261. The standard InChI is InChI=1S/C23H24N2OS/c26-23(22-20(13-16-27-22)18-9-3-1-4-10-18)24-17-21(25-14-7-8-15-25)19-11-5-2-6-12-19/h1-6,9-13,16,21H,7-8,14-15,17H2,(H,24,26)/t21-/m1/s1. The second-order valence-corrected chi connectivity index (χ2v) is 7.83. The van der Waals surface area contributed by atoms with Gasteiger partial charge in [-0.3, -0.25) is 9.69 Å². The van der Waals surface area contributed by atoms with Gasteiger partial charge in [0.15, 0.2) is 0 Å². The summed E-state index contributed by atoms with van der Waals surface area (Å²) in [6, 6.07) is 22.9. The summed E-state index contributed by atoms with van der Waals surface area (Å²) in [5, 5.41) is 5.19. The van der Waals surface area contributed by atoms with Crippen LogP contribution in [-0.2, 0) is 0 Å². The highest BCUT2D eigenvalue weighted by molar-refractivity contribution is 7.12. The number of amides is 1. The number of rotatable bonds is 6. The summed E-state index contributed by atoms with van der Waals surface area (Å²) >= 11 is 1.51. The van der Waals surface area contributed by atoms with E-state index in [-0.39, 0.29) is 11.9 Å². The summed E-state index contributed by atoms with van der Waals surface area (Å²) in [4.78, 5) is 16.2. The molecule has 1 aliphatic rings. The highest BCUT2D eigenvalue weighted by Gasteiger charge is 2.24. The van der Waals surface area contributed by atoms with Crippen LogP contribution in [0.4, 0.5) is 0 Å². The molecule has 4 rings (SSSR count). The maximum absolute atomic E-state index is 12.9. The summed E-state index contributed by atoms with van der Waals surface area (Å²) in [5.74, 6) is 0.0176. The first kappa shape index (κ1) is 18.0. The predicted octanol–water partition coefficient (Wildman–Crippen LogP) is 4.98. The van der Waals surface area contributed by atoms with Gasteiger partial charge in [-0.05, 0) is 48.5 Å². The molecule has 1 N–H and O–H groups in total. The molecule has 1 fully saturated rings. The van der Waals surface area contributed by atoms with E-state index in [4.69, 9.17) is 0 Å². The topological polar surface area (TPSA) is 32.3 Å². The first-order valence-corrected chi connectivity index (χ1v) is 10.4. The zero-order valence-electron chi connectivity index (χ0n) is 15.3. The number of carbonyl (C=O) groups is 1. The molecule has 1 saturated heterocycles. The Morgan fingerprint density at radius 3 is 2.33 bits per heavy atom. The number of nitrogens with zero attached hydrogens (tertiary/aromatic N) is 1. The van der Waals surface area contributed by atoms with E-state index in [0.29, 0.717) is 6.54 Å². The van der Waals surface area contributed by atoms with Crippen LogP contribution in [0.1, 0.15) is 34.1 Å². The van der Waals surface area contributed by atoms with Crippen LogP contribution in [0.3, 0.4) is 0 Å². The zero-order chi connectivity index (χ0) is 18.5. The quantitative estimate of drug-likeness (QED) is 0.658. The molecule has 138 valence electrons. The molecule has 27 heavy (non-hydrogen) atoms. The van der Waals surface area contributed by atoms with Crippen molar-refractivity contribution >= 4 is 17.2 Å². The molecule has 3 nitrogen and oxygen atoms in total. The maximum atomic E-state index is 12.9. The van der Waals surface area contributed by atoms with Crippen molar-refractivity contribution in [1.82, 2.24) is 10.2 Å². The lowest BCUT2D eigenvalue weighted by Crippen LogP contribution is -2.36. The molecular weight excluding hydrogens is 352 g/mol. The van der Waals surface area contributed by atoms with E-state index in [2.05, 4.69) is 46.6 Å². The molecule has 0 radical (unpaired) electrons. The molecule has 0 aliphatic carbocycles. The third-order valence-electron chi connectivity index (χ3n) is 5.18. The molecule has 0 unspecified atom stereocenters. The van der Waals surface area contributed by atoms with Crippen molar-refractivity contribution < 1.29 is 4.79 Å². The van der Waals surface area contributed by atoms with Crippen molar-refractivity contribution in [3.63, 3.8) is 0 Å². The number of likely N-dealkylation sites (tertiary alicyclic amines) is 1. The van der Waals surface area contributed by atoms with Crippen LogP contribution in [0.25, 0.3) is 11.1 Å². The van der Waals surface area contributed by atoms with Gasteiger partial charge in [0.25, 0.3) is 5.91 Å². The van der Waals surface area contributed by atoms with Crippen molar-refractivity contribution in [2.75, 3.05) is 19.6 Å². The lowest BCUT2D eigenvalue weighted by molar-refractivity contribution is 0.0942. The first-order chi connectivity index (χ1) is 13.3. The fourth-order valence-corrected chi connectivity index (χ4v) is 4.62. The highest BCUT2D eigenvalue weighted by Crippen LogP contribution is 2.29. The Labute approximate surface area is 164 Å². The number of hydrogen-bond acceptors (Lipinski definition) is 3. The van der Waals surface area contributed by atoms with E-state index < -0.39 is 0 Å². The minimum absolute atomic E-state index is 0.0176.